The zero-order valence-electron chi connectivity index (χ0n) is 13.2. The highest BCUT2D eigenvalue weighted by Crippen LogP contribution is 2.19. The van der Waals surface area contributed by atoms with Gasteiger partial charge in [-0.3, -0.25) is 14.7 Å². The van der Waals surface area contributed by atoms with E-state index in [0.29, 0.717) is 19.6 Å². The van der Waals surface area contributed by atoms with Crippen molar-refractivity contribution >= 4 is 22.8 Å². The molecule has 3 rings (SSSR count). The number of β-amino-alcohol motifs (C(OH)–C–C–N with tert-alkyl or cyclic N) is 1. The topological polar surface area (TPSA) is 84.4 Å². The summed E-state index contributed by atoms with van der Waals surface area (Å²) < 4.78 is 1.77. The molecule has 2 atom stereocenters. The SMILES string of the molecule is CSc1cnc2ccc(=O)n(CCN3CC[C@H](N)[C@H](O)C3)c2c1. The molecule has 2 aromatic heterocycles. The second-order valence-corrected chi connectivity index (χ2v) is 6.80. The van der Waals surface area contributed by atoms with Crippen LogP contribution >= 0.6 is 11.8 Å². The first-order chi connectivity index (χ1) is 11.1. The number of aliphatic hydroxyl groups is 1. The summed E-state index contributed by atoms with van der Waals surface area (Å²) >= 11 is 1.61. The molecular formula is C16H22N4O2S. The van der Waals surface area contributed by atoms with Crippen LogP contribution in [0.2, 0.25) is 0 Å². The number of piperidine rings is 1. The van der Waals surface area contributed by atoms with Gasteiger partial charge in [-0.15, -0.1) is 11.8 Å². The first-order valence-corrected chi connectivity index (χ1v) is 9.00. The Hall–Kier alpha value is -1.41. The number of rotatable bonds is 4. The zero-order valence-corrected chi connectivity index (χ0v) is 14.0. The van der Waals surface area contributed by atoms with E-state index < -0.39 is 6.10 Å². The van der Waals surface area contributed by atoms with Crippen molar-refractivity contribution < 1.29 is 5.11 Å². The van der Waals surface area contributed by atoms with Gasteiger partial charge < -0.3 is 15.4 Å². The van der Waals surface area contributed by atoms with Crippen molar-refractivity contribution in [2.45, 2.75) is 30.0 Å². The van der Waals surface area contributed by atoms with Crippen molar-refractivity contribution in [2.24, 2.45) is 5.73 Å². The summed E-state index contributed by atoms with van der Waals surface area (Å²) in [4.78, 5) is 19.9. The molecule has 1 fully saturated rings. The third kappa shape index (κ3) is 3.58. The Kier molecular flexibility index (Phi) is 5.01. The minimum atomic E-state index is -0.488. The molecule has 7 heteroatoms. The van der Waals surface area contributed by atoms with Gasteiger partial charge in [0.2, 0.25) is 0 Å². The fourth-order valence-electron chi connectivity index (χ4n) is 2.95. The van der Waals surface area contributed by atoms with Crippen LogP contribution in [0.3, 0.4) is 0 Å². The molecule has 23 heavy (non-hydrogen) atoms. The lowest BCUT2D eigenvalue weighted by Crippen LogP contribution is -2.51. The number of nitrogens with two attached hydrogens (primary N) is 1. The van der Waals surface area contributed by atoms with Gasteiger partial charge >= 0.3 is 0 Å². The van der Waals surface area contributed by atoms with Gasteiger partial charge in [-0.2, -0.15) is 0 Å². The number of aliphatic hydroxyl groups excluding tert-OH is 1. The quantitative estimate of drug-likeness (QED) is 0.793. The number of aromatic nitrogens is 2. The smallest absolute Gasteiger partial charge is 0.251 e. The Balaban J connectivity index is 1.82. The van der Waals surface area contributed by atoms with Crippen LogP contribution in [-0.2, 0) is 6.54 Å². The Morgan fingerprint density at radius 3 is 3.00 bits per heavy atom. The van der Waals surface area contributed by atoms with Crippen LogP contribution in [0, 0.1) is 0 Å². The second-order valence-electron chi connectivity index (χ2n) is 5.92. The van der Waals surface area contributed by atoms with Gasteiger partial charge in [0.25, 0.3) is 5.56 Å². The highest BCUT2D eigenvalue weighted by molar-refractivity contribution is 7.98. The number of likely N-dealkylation sites (tertiary alicyclic amines) is 1. The largest absolute Gasteiger partial charge is 0.390 e. The van der Waals surface area contributed by atoms with Gasteiger partial charge in [0.1, 0.15) is 0 Å². The highest BCUT2D eigenvalue weighted by atomic mass is 32.2. The molecule has 0 aromatic carbocycles. The van der Waals surface area contributed by atoms with E-state index in [2.05, 4.69) is 9.88 Å². The van der Waals surface area contributed by atoms with E-state index in [1.807, 2.05) is 18.5 Å². The molecule has 0 saturated carbocycles. The van der Waals surface area contributed by atoms with E-state index in [1.165, 1.54) is 0 Å². The first kappa shape index (κ1) is 16.4. The van der Waals surface area contributed by atoms with Crippen molar-refractivity contribution in [3.05, 3.63) is 34.7 Å². The van der Waals surface area contributed by atoms with Crippen molar-refractivity contribution in [1.29, 1.82) is 0 Å². The van der Waals surface area contributed by atoms with Crippen LogP contribution < -0.4 is 11.3 Å². The average molecular weight is 334 g/mol. The Morgan fingerprint density at radius 1 is 1.43 bits per heavy atom. The van der Waals surface area contributed by atoms with Crippen molar-refractivity contribution in [1.82, 2.24) is 14.5 Å². The van der Waals surface area contributed by atoms with Crippen LogP contribution in [0.25, 0.3) is 11.0 Å². The summed E-state index contributed by atoms with van der Waals surface area (Å²) in [5, 5.41) is 9.89. The second kappa shape index (κ2) is 7.00. The Labute approximate surface area is 139 Å². The molecule has 1 aliphatic heterocycles. The van der Waals surface area contributed by atoms with Crippen LogP contribution in [0.5, 0.6) is 0 Å². The molecular weight excluding hydrogens is 312 g/mol. The standard InChI is InChI=1S/C16H22N4O2S/c1-23-11-8-14-13(18-9-11)2-3-16(22)20(14)7-6-19-5-4-12(17)15(21)10-19/h2-3,8-9,12,15,21H,4-7,10,17H2,1H3/t12-,15+/m0/s1. The van der Waals surface area contributed by atoms with Crippen molar-refractivity contribution in [3.63, 3.8) is 0 Å². The lowest BCUT2D eigenvalue weighted by Gasteiger charge is -2.34. The number of nitrogens with zero attached hydrogens (tertiary/aromatic N) is 3. The molecule has 124 valence electrons. The Bertz CT molecular complexity index is 748. The number of thioether (sulfide) groups is 1. The monoisotopic (exact) mass is 334 g/mol. The molecule has 1 aliphatic rings. The van der Waals surface area contributed by atoms with Crippen LogP contribution in [0.4, 0.5) is 0 Å². The predicted octanol–water partition coefficient (Wildman–Crippen LogP) is 0.512. The molecule has 0 aliphatic carbocycles. The van der Waals surface area contributed by atoms with E-state index in [9.17, 15) is 9.90 Å². The number of hydrogen-bond acceptors (Lipinski definition) is 6. The molecule has 3 heterocycles. The maximum absolute atomic E-state index is 12.3. The third-order valence-electron chi connectivity index (χ3n) is 4.41. The summed E-state index contributed by atoms with van der Waals surface area (Å²) in [6.45, 7) is 2.71. The lowest BCUT2D eigenvalue weighted by molar-refractivity contribution is 0.0520. The van der Waals surface area contributed by atoms with Gasteiger partial charge in [0.05, 0.1) is 17.1 Å². The molecule has 2 aromatic rings. The molecule has 0 amide bonds. The zero-order chi connectivity index (χ0) is 16.4. The van der Waals surface area contributed by atoms with Crippen LogP contribution in [-0.4, -0.2) is 57.6 Å². The summed E-state index contributed by atoms with van der Waals surface area (Å²) in [7, 11) is 0. The number of hydrogen-bond donors (Lipinski definition) is 2. The molecule has 0 radical (unpaired) electrons. The normalized spacial score (nSPS) is 22.6. The van der Waals surface area contributed by atoms with E-state index in [0.717, 1.165) is 28.9 Å². The Morgan fingerprint density at radius 2 is 2.26 bits per heavy atom. The molecule has 3 N–H and O–H groups in total. The summed E-state index contributed by atoms with van der Waals surface area (Å²) in [6.07, 6.45) is 4.11. The minimum Gasteiger partial charge on any atom is -0.390 e. The van der Waals surface area contributed by atoms with Gasteiger partial charge in [-0.25, -0.2) is 0 Å². The summed E-state index contributed by atoms with van der Waals surface area (Å²) in [5.74, 6) is 0. The van der Waals surface area contributed by atoms with Gasteiger partial charge in [0, 0.05) is 42.8 Å². The van der Waals surface area contributed by atoms with E-state index in [4.69, 9.17) is 5.73 Å². The van der Waals surface area contributed by atoms with E-state index in [-0.39, 0.29) is 11.6 Å². The lowest BCUT2D eigenvalue weighted by atomic mass is 10.0. The molecule has 6 nitrogen and oxygen atoms in total. The van der Waals surface area contributed by atoms with Crippen molar-refractivity contribution in [3.8, 4) is 0 Å². The number of fused-ring (bicyclic) bond motifs is 1. The van der Waals surface area contributed by atoms with Gasteiger partial charge in [-0.05, 0) is 31.4 Å². The molecule has 0 unspecified atom stereocenters. The van der Waals surface area contributed by atoms with E-state index in [1.54, 1.807) is 28.5 Å². The fraction of sp³-hybridized carbons (Fsp3) is 0.500. The molecule has 1 saturated heterocycles. The summed E-state index contributed by atoms with van der Waals surface area (Å²) in [6, 6.07) is 5.20. The average Bonchev–Trinajstić information content (AvgIpc) is 2.56. The maximum atomic E-state index is 12.3. The van der Waals surface area contributed by atoms with Crippen molar-refractivity contribution in [2.75, 3.05) is 25.9 Å². The fourth-order valence-corrected chi connectivity index (χ4v) is 3.34. The van der Waals surface area contributed by atoms with E-state index >= 15 is 0 Å². The minimum absolute atomic E-state index is 0.0215. The van der Waals surface area contributed by atoms with Crippen LogP contribution in [0.15, 0.2) is 34.1 Å². The first-order valence-electron chi connectivity index (χ1n) is 7.78. The molecule has 0 bridgehead atoms. The predicted molar refractivity (Wildman–Crippen MR) is 92.8 cm³/mol. The highest BCUT2D eigenvalue weighted by Gasteiger charge is 2.24. The van der Waals surface area contributed by atoms with Crippen LogP contribution in [0.1, 0.15) is 6.42 Å². The third-order valence-corrected chi connectivity index (χ3v) is 5.10. The molecule has 0 spiro atoms. The number of pyridine rings is 2. The maximum Gasteiger partial charge on any atom is 0.251 e. The van der Waals surface area contributed by atoms with Gasteiger partial charge in [-0.1, -0.05) is 0 Å². The summed E-state index contributed by atoms with van der Waals surface area (Å²) in [5.41, 5.74) is 7.50. The van der Waals surface area contributed by atoms with Gasteiger partial charge in [0.15, 0.2) is 0 Å².